The lowest BCUT2D eigenvalue weighted by molar-refractivity contribution is -0.147. The molecule has 0 aromatic rings. The van der Waals surface area contributed by atoms with Gasteiger partial charge in [0, 0.05) is 0 Å². The SMILES string of the molecule is C=CC(CC)(CC(C)CC)C(=O)O. The average Bonchev–Trinajstić information content (AvgIpc) is 2.13. The maximum atomic E-state index is 11.1. The molecule has 0 aliphatic rings. The Bertz CT molecular complexity index is 187. The van der Waals surface area contributed by atoms with E-state index in [0.29, 0.717) is 18.8 Å². The summed E-state index contributed by atoms with van der Waals surface area (Å²) in [7, 11) is 0. The van der Waals surface area contributed by atoms with Gasteiger partial charge in [-0.15, -0.1) is 6.58 Å². The monoisotopic (exact) mass is 184 g/mol. The molecule has 0 rings (SSSR count). The number of hydrogen-bond donors (Lipinski definition) is 1. The quantitative estimate of drug-likeness (QED) is 0.644. The topological polar surface area (TPSA) is 37.3 Å². The van der Waals surface area contributed by atoms with E-state index >= 15 is 0 Å². The van der Waals surface area contributed by atoms with Crippen LogP contribution in [-0.4, -0.2) is 11.1 Å². The van der Waals surface area contributed by atoms with Crippen LogP contribution in [0.4, 0.5) is 0 Å². The van der Waals surface area contributed by atoms with Crippen molar-refractivity contribution in [3.8, 4) is 0 Å². The lowest BCUT2D eigenvalue weighted by atomic mass is 9.77. The van der Waals surface area contributed by atoms with E-state index in [1.54, 1.807) is 6.08 Å². The molecule has 0 aliphatic carbocycles. The molecule has 0 heterocycles. The molecule has 0 spiro atoms. The number of carboxylic acid groups (broad SMARTS) is 1. The summed E-state index contributed by atoms with van der Waals surface area (Å²) in [5, 5.41) is 9.10. The van der Waals surface area contributed by atoms with Gasteiger partial charge in [-0.2, -0.15) is 0 Å². The largest absolute Gasteiger partial charge is 0.481 e. The van der Waals surface area contributed by atoms with Crippen molar-refractivity contribution in [2.24, 2.45) is 11.3 Å². The van der Waals surface area contributed by atoms with E-state index in [9.17, 15) is 4.79 Å². The first-order valence-corrected chi connectivity index (χ1v) is 4.89. The van der Waals surface area contributed by atoms with Gasteiger partial charge in [0.05, 0.1) is 5.41 Å². The van der Waals surface area contributed by atoms with E-state index in [1.165, 1.54) is 0 Å². The van der Waals surface area contributed by atoms with Crippen molar-refractivity contribution in [2.45, 2.75) is 40.0 Å². The maximum Gasteiger partial charge on any atom is 0.313 e. The molecule has 2 heteroatoms. The van der Waals surface area contributed by atoms with E-state index in [-0.39, 0.29) is 0 Å². The molecular weight excluding hydrogens is 164 g/mol. The van der Waals surface area contributed by atoms with Crippen molar-refractivity contribution in [3.05, 3.63) is 12.7 Å². The molecule has 2 unspecified atom stereocenters. The van der Waals surface area contributed by atoms with Gasteiger partial charge in [0.1, 0.15) is 0 Å². The van der Waals surface area contributed by atoms with E-state index in [4.69, 9.17) is 5.11 Å². The molecule has 0 fully saturated rings. The number of carboxylic acids is 1. The van der Waals surface area contributed by atoms with Crippen LogP contribution in [0.15, 0.2) is 12.7 Å². The second kappa shape index (κ2) is 5.05. The molecule has 2 nitrogen and oxygen atoms in total. The Kier molecular flexibility index (Phi) is 4.74. The highest BCUT2D eigenvalue weighted by atomic mass is 16.4. The van der Waals surface area contributed by atoms with Gasteiger partial charge in [0.2, 0.25) is 0 Å². The van der Waals surface area contributed by atoms with Gasteiger partial charge in [0.25, 0.3) is 0 Å². The first kappa shape index (κ1) is 12.2. The predicted octanol–water partition coefficient (Wildman–Crippen LogP) is 3.09. The zero-order valence-corrected chi connectivity index (χ0v) is 8.84. The van der Waals surface area contributed by atoms with E-state index in [2.05, 4.69) is 20.4 Å². The van der Waals surface area contributed by atoms with E-state index < -0.39 is 11.4 Å². The summed E-state index contributed by atoms with van der Waals surface area (Å²) in [6.45, 7) is 9.69. The third-order valence-electron chi connectivity index (χ3n) is 2.86. The fourth-order valence-corrected chi connectivity index (χ4v) is 1.46. The van der Waals surface area contributed by atoms with Crippen LogP contribution < -0.4 is 0 Å². The Balaban J connectivity index is 4.57. The summed E-state index contributed by atoms with van der Waals surface area (Å²) in [6, 6.07) is 0. The molecule has 0 saturated heterocycles. The smallest absolute Gasteiger partial charge is 0.313 e. The summed E-state index contributed by atoms with van der Waals surface area (Å²) in [6.07, 6.45) is 3.92. The molecular formula is C11H20O2. The number of hydrogen-bond acceptors (Lipinski definition) is 1. The third-order valence-corrected chi connectivity index (χ3v) is 2.86. The van der Waals surface area contributed by atoms with Gasteiger partial charge in [-0.1, -0.05) is 33.3 Å². The van der Waals surface area contributed by atoms with Gasteiger partial charge in [-0.05, 0) is 18.8 Å². The van der Waals surface area contributed by atoms with Crippen LogP contribution in [-0.2, 0) is 4.79 Å². The van der Waals surface area contributed by atoms with Crippen LogP contribution in [0.3, 0.4) is 0 Å². The van der Waals surface area contributed by atoms with Crippen LogP contribution >= 0.6 is 0 Å². The first-order chi connectivity index (χ1) is 6.02. The Labute approximate surface area is 80.7 Å². The highest BCUT2D eigenvalue weighted by Crippen LogP contribution is 2.32. The van der Waals surface area contributed by atoms with Gasteiger partial charge in [-0.25, -0.2) is 0 Å². The van der Waals surface area contributed by atoms with Crippen LogP contribution in [0.25, 0.3) is 0 Å². The summed E-state index contributed by atoms with van der Waals surface area (Å²) < 4.78 is 0. The first-order valence-electron chi connectivity index (χ1n) is 4.89. The third kappa shape index (κ3) is 2.87. The minimum Gasteiger partial charge on any atom is -0.481 e. The molecule has 0 aromatic carbocycles. The molecule has 76 valence electrons. The number of aliphatic carboxylic acids is 1. The molecule has 0 amide bonds. The minimum atomic E-state index is -0.745. The van der Waals surface area contributed by atoms with Gasteiger partial charge in [0.15, 0.2) is 0 Å². The summed E-state index contributed by atoms with van der Waals surface area (Å²) in [4.78, 5) is 11.1. The minimum absolute atomic E-state index is 0.439. The Morgan fingerprint density at radius 2 is 2.15 bits per heavy atom. The van der Waals surface area contributed by atoms with Crippen LogP contribution in [0.5, 0.6) is 0 Å². The molecule has 1 N–H and O–H groups in total. The van der Waals surface area contributed by atoms with Crippen LogP contribution in [0, 0.1) is 11.3 Å². The maximum absolute atomic E-state index is 11.1. The zero-order chi connectivity index (χ0) is 10.5. The van der Waals surface area contributed by atoms with Gasteiger partial charge < -0.3 is 5.11 Å². The van der Waals surface area contributed by atoms with E-state index in [1.807, 2.05) is 6.92 Å². The lowest BCUT2D eigenvalue weighted by Gasteiger charge is -2.26. The highest BCUT2D eigenvalue weighted by Gasteiger charge is 2.34. The van der Waals surface area contributed by atoms with Crippen molar-refractivity contribution in [3.63, 3.8) is 0 Å². The van der Waals surface area contributed by atoms with Gasteiger partial charge in [-0.3, -0.25) is 4.79 Å². The average molecular weight is 184 g/mol. The molecule has 13 heavy (non-hydrogen) atoms. The molecule has 0 bridgehead atoms. The molecule has 0 aromatic heterocycles. The standard InChI is InChI=1S/C11H20O2/c1-5-9(4)8-11(6-2,7-3)10(12)13/h6,9H,2,5,7-8H2,1,3-4H3,(H,12,13). The fraction of sp³-hybridized carbons (Fsp3) is 0.727. The Hall–Kier alpha value is -0.790. The summed E-state index contributed by atoms with van der Waals surface area (Å²) >= 11 is 0. The number of carbonyl (C=O) groups is 1. The second-order valence-corrected chi connectivity index (χ2v) is 3.74. The van der Waals surface area contributed by atoms with Crippen LogP contribution in [0.1, 0.15) is 40.0 Å². The van der Waals surface area contributed by atoms with Crippen LogP contribution in [0.2, 0.25) is 0 Å². The highest BCUT2D eigenvalue weighted by molar-refractivity contribution is 5.76. The predicted molar refractivity (Wildman–Crippen MR) is 54.6 cm³/mol. The molecule has 0 aliphatic heterocycles. The van der Waals surface area contributed by atoms with Gasteiger partial charge >= 0.3 is 5.97 Å². The van der Waals surface area contributed by atoms with Crippen molar-refractivity contribution in [2.75, 3.05) is 0 Å². The molecule has 2 atom stereocenters. The summed E-state index contributed by atoms with van der Waals surface area (Å²) in [5.74, 6) is -0.306. The van der Waals surface area contributed by atoms with Crippen molar-refractivity contribution < 1.29 is 9.90 Å². The Morgan fingerprint density at radius 1 is 1.62 bits per heavy atom. The fourth-order valence-electron chi connectivity index (χ4n) is 1.46. The molecule has 0 radical (unpaired) electrons. The second-order valence-electron chi connectivity index (χ2n) is 3.74. The van der Waals surface area contributed by atoms with E-state index in [0.717, 1.165) is 6.42 Å². The zero-order valence-electron chi connectivity index (χ0n) is 8.84. The Morgan fingerprint density at radius 3 is 2.38 bits per heavy atom. The lowest BCUT2D eigenvalue weighted by Crippen LogP contribution is -2.29. The summed E-state index contributed by atoms with van der Waals surface area (Å²) in [5.41, 5.74) is -0.713. The number of rotatable bonds is 6. The van der Waals surface area contributed by atoms with Crippen molar-refractivity contribution in [1.29, 1.82) is 0 Å². The van der Waals surface area contributed by atoms with Crippen molar-refractivity contribution in [1.82, 2.24) is 0 Å². The normalized spacial score (nSPS) is 17.5. The van der Waals surface area contributed by atoms with Crippen molar-refractivity contribution >= 4 is 5.97 Å². The molecule has 0 saturated carbocycles.